The van der Waals surface area contributed by atoms with Gasteiger partial charge < -0.3 is 10.1 Å². The number of benzene rings is 2. The molecule has 27 heavy (non-hydrogen) atoms. The molecule has 0 fully saturated rings. The molecule has 3 amide bonds. The summed E-state index contributed by atoms with van der Waals surface area (Å²) in [5.74, 6) is -0.761. The lowest BCUT2D eigenvalue weighted by atomic mass is 10.2. The Morgan fingerprint density at radius 2 is 1.81 bits per heavy atom. The number of thioether (sulfide) groups is 1. The highest BCUT2D eigenvalue weighted by Gasteiger charge is 2.15. The van der Waals surface area contributed by atoms with Gasteiger partial charge in [-0.15, -0.1) is 11.8 Å². The van der Waals surface area contributed by atoms with Gasteiger partial charge in [-0.3, -0.25) is 10.1 Å². The number of esters is 1. The Balaban J connectivity index is 1.97. The van der Waals surface area contributed by atoms with Gasteiger partial charge in [0.15, 0.2) is 6.61 Å². The standard InChI is InChI=1S/C19H17N3O4S/c1-21-19(25)22-17(23)11-26-18(24)15-4-2-3-5-16(15)27-12-14-8-6-13(10-20)7-9-14/h2-9H,11-12H2,1H3,(H2,21,22,23,25). The first-order valence-electron chi connectivity index (χ1n) is 7.93. The first-order chi connectivity index (χ1) is 13.0. The number of hydrogen-bond donors (Lipinski definition) is 2. The van der Waals surface area contributed by atoms with Crippen LogP contribution in [0.4, 0.5) is 4.79 Å². The van der Waals surface area contributed by atoms with Gasteiger partial charge in [0.05, 0.1) is 17.2 Å². The second-order valence-electron chi connectivity index (χ2n) is 5.30. The minimum absolute atomic E-state index is 0.337. The number of carbonyl (C=O) groups is 3. The zero-order valence-electron chi connectivity index (χ0n) is 14.5. The van der Waals surface area contributed by atoms with E-state index in [0.717, 1.165) is 5.56 Å². The summed E-state index contributed by atoms with van der Waals surface area (Å²) in [6, 6.07) is 15.5. The zero-order valence-corrected chi connectivity index (χ0v) is 15.3. The van der Waals surface area contributed by atoms with Crippen LogP contribution in [-0.2, 0) is 15.3 Å². The van der Waals surface area contributed by atoms with Crippen molar-refractivity contribution < 1.29 is 19.1 Å². The molecule has 2 rings (SSSR count). The Hall–Kier alpha value is -3.31. The second-order valence-corrected chi connectivity index (χ2v) is 6.31. The van der Waals surface area contributed by atoms with Gasteiger partial charge in [0.1, 0.15) is 0 Å². The van der Waals surface area contributed by atoms with Crippen molar-refractivity contribution >= 4 is 29.7 Å². The minimum Gasteiger partial charge on any atom is -0.452 e. The fourth-order valence-electron chi connectivity index (χ4n) is 2.03. The number of carbonyl (C=O) groups excluding carboxylic acids is 3. The molecule has 7 nitrogen and oxygen atoms in total. The maximum atomic E-state index is 12.3. The second kappa shape index (κ2) is 9.99. The van der Waals surface area contributed by atoms with Gasteiger partial charge in [0.2, 0.25) is 0 Å². The lowest BCUT2D eigenvalue weighted by molar-refractivity contribution is -0.123. The molecule has 138 valence electrons. The molecule has 0 spiro atoms. The summed E-state index contributed by atoms with van der Waals surface area (Å²) < 4.78 is 4.98. The maximum Gasteiger partial charge on any atom is 0.339 e. The Morgan fingerprint density at radius 3 is 2.48 bits per heavy atom. The smallest absolute Gasteiger partial charge is 0.339 e. The van der Waals surface area contributed by atoms with Crippen LogP contribution in [0.15, 0.2) is 53.4 Å². The molecule has 0 unspecified atom stereocenters. The lowest BCUT2D eigenvalue weighted by Crippen LogP contribution is -2.39. The molecule has 0 saturated heterocycles. The molecule has 0 radical (unpaired) electrons. The summed E-state index contributed by atoms with van der Waals surface area (Å²) in [7, 11) is 1.37. The van der Waals surface area contributed by atoms with Crippen LogP contribution < -0.4 is 10.6 Å². The number of rotatable bonds is 6. The predicted molar refractivity (Wildman–Crippen MR) is 100 cm³/mol. The van der Waals surface area contributed by atoms with E-state index in [1.165, 1.54) is 18.8 Å². The Labute approximate surface area is 160 Å². The number of hydrogen-bond acceptors (Lipinski definition) is 6. The van der Waals surface area contributed by atoms with Crippen molar-refractivity contribution in [3.8, 4) is 6.07 Å². The van der Waals surface area contributed by atoms with Crippen molar-refractivity contribution in [2.24, 2.45) is 0 Å². The molecule has 8 heteroatoms. The van der Waals surface area contributed by atoms with Crippen LogP contribution in [0, 0.1) is 11.3 Å². The van der Waals surface area contributed by atoms with Crippen molar-refractivity contribution in [1.82, 2.24) is 10.6 Å². The average molecular weight is 383 g/mol. The van der Waals surface area contributed by atoms with E-state index in [1.807, 2.05) is 17.4 Å². The fraction of sp³-hybridized carbons (Fsp3) is 0.158. The van der Waals surface area contributed by atoms with Gasteiger partial charge in [0.25, 0.3) is 5.91 Å². The van der Waals surface area contributed by atoms with Crippen LogP contribution in [0.5, 0.6) is 0 Å². The average Bonchev–Trinajstić information content (AvgIpc) is 2.71. The Kier molecular flexibility index (Phi) is 7.40. The molecule has 2 aromatic carbocycles. The highest BCUT2D eigenvalue weighted by atomic mass is 32.2. The molecule has 2 N–H and O–H groups in total. The SMILES string of the molecule is CNC(=O)NC(=O)COC(=O)c1ccccc1SCc1ccc(C#N)cc1. The fourth-order valence-corrected chi connectivity index (χ4v) is 3.03. The minimum atomic E-state index is -0.717. The summed E-state index contributed by atoms with van der Waals surface area (Å²) in [4.78, 5) is 35.5. The van der Waals surface area contributed by atoms with Crippen molar-refractivity contribution in [1.29, 1.82) is 5.26 Å². The number of urea groups is 1. The third-order valence-electron chi connectivity index (χ3n) is 3.40. The molecule has 0 atom stereocenters. The lowest BCUT2D eigenvalue weighted by Gasteiger charge is -2.09. The number of amides is 3. The largest absolute Gasteiger partial charge is 0.452 e. The number of nitriles is 1. The van der Waals surface area contributed by atoms with Gasteiger partial charge in [-0.25, -0.2) is 9.59 Å². The topological polar surface area (TPSA) is 108 Å². The number of imide groups is 1. The maximum absolute atomic E-state index is 12.3. The van der Waals surface area contributed by atoms with Gasteiger partial charge in [-0.1, -0.05) is 24.3 Å². The molecule has 2 aromatic rings. The van der Waals surface area contributed by atoms with E-state index in [-0.39, 0.29) is 0 Å². The highest BCUT2D eigenvalue weighted by molar-refractivity contribution is 7.98. The van der Waals surface area contributed by atoms with Gasteiger partial charge >= 0.3 is 12.0 Å². The first-order valence-corrected chi connectivity index (χ1v) is 8.91. The summed E-state index contributed by atoms with van der Waals surface area (Å²) in [6.45, 7) is -0.555. The molecule has 0 aliphatic heterocycles. The van der Waals surface area contributed by atoms with Crippen LogP contribution in [0.1, 0.15) is 21.5 Å². The molecule has 0 bridgehead atoms. The summed E-state index contributed by atoms with van der Waals surface area (Å²) in [6.07, 6.45) is 0. The Bertz CT molecular complexity index is 875. The zero-order chi connectivity index (χ0) is 19.6. The van der Waals surface area contributed by atoms with E-state index < -0.39 is 24.5 Å². The van der Waals surface area contributed by atoms with Crippen LogP contribution in [0.3, 0.4) is 0 Å². The Morgan fingerprint density at radius 1 is 1.11 bits per heavy atom. The molecular formula is C19H17N3O4S. The molecule has 0 saturated carbocycles. The van der Waals surface area contributed by atoms with Crippen molar-refractivity contribution in [2.45, 2.75) is 10.6 Å². The summed E-state index contributed by atoms with van der Waals surface area (Å²) in [5.41, 5.74) is 1.93. The van der Waals surface area contributed by atoms with Crippen LogP contribution in [-0.4, -0.2) is 31.6 Å². The predicted octanol–water partition coefficient (Wildman–Crippen LogP) is 2.46. The van der Waals surface area contributed by atoms with E-state index in [0.29, 0.717) is 21.8 Å². The third-order valence-corrected chi connectivity index (χ3v) is 4.54. The normalized spacial score (nSPS) is 9.78. The van der Waals surface area contributed by atoms with E-state index >= 15 is 0 Å². The summed E-state index contributed by atoms with van der Waals surface area (Å²) in [5, 5.41) is 13.1. The van der Waals surface area contributed by atoms with Crippen molar-refractivity contribution in [3.05, 3.63) is 65.2 Å². The van der Waals surface area contributed by atoms with Gasteiger partial charge in [-0.2, -0.15) is 5.26 Å². The number of nitrogens with zero attached hydrogens (tertiary/aromatic N) is 1. The quantitative estimate of drug-likeness (QED) is 0.586. The summed E-state index contributed by atoms with van der Waals surface area (Å²) >= 11 is 1.44. The van der Waals surface area contributed by atoms with Gasteiger partial charge in [-0.05, 0) is 29.8 Å². The third kappa shape index (κ3) is 6.17. The molecular weight excluding hydrogens is 366 g/mol. The monoisotopic (exact) mass is 383 g/mol. The molecule has 0 heterocycles. The van der Waals surface area contributed by atoms with Gasteiger partial charge in [0, 0.05) is 17.7 Å². The van der Waals surface area contributed by atoms with E-state index in [4.69, 9.17) is 10.00 Å². The van der Waals surface area contributed by atoms with Crippen molar-refractivity contribution in [3.63, 3.8) is 0 Å². The molecule has 0 aliphatic rings. The molecule has 0 aliphatic carbocycles. The van der Waals surface area contributed by atoms with Crippen LogP contribution in [0.2, 0.25) is 0 Å². The van der Waals surface area contributed by atoms with Crippen molar-refractivity contribution in [2.75, 3.05) is 13.7 Å². The van der Waals surface area contributed by atoms with Crippen LogP contribution >= 0.6 is 11.8 Å². The highest BCUT2D eigenvalue weighted by Crippen LogP contribution is 2.27. The van der Waals surface area contributed by atoms with Crippen LogP contribution in [0.25, 0.3) is 0 Å². The molecule has 0 aromatic heterocycles. The van der Waals surface area contributed by atoms with E-state index in [9.17, 15) is 14.4 Å². The first kappa shape index (κ1) is 20.0. The van der Waals surface area contributed by atoms with E-state index in [2.05, 4.69) is 11.4 Å². The van der Waals surface area contributed by atoms with E-state index in [1.54, 1.807) is 36.4 Å². The number of nitrogens with one attached hydrogen (secondary N) is 2. The number of ether oxygens (including phenoxy) is 1.